The van der Waals surface area contributed by atoms with E-state index in [1.807, 2.05) is 6.92 Å². The molecule has 2 aromatic carbocycles. The van der Waals surface area contributed by atoms with Crippen molar-refractivity contribution >= 4 is 17.4 Å². The van der Waals surface area contributed by atoms with Crippen molar-refractivity contribution in [3.63, 3.8) is 0 Å². The zero-order chi connectivity index (χ0) is 18.2. The Balaban J connectivity index is 1.83. The minimum atomic E-state index is -2.82. The lowest BCUT2D eigenvalue weighted by Gasteiger charge is -2.06. The predicted octanol–water partition coefficient (Wildman–Crippen LogP) is 4.41. The van der Waals surface area contributed by atoms with Gasteiger partial charge in [-0.2, -0.15) is 13.9 Å². The molecule has 0 aliphatic heterocycles. The average molecular weight is 348 g/mol. The van der Waals surface area contributed by atoms with Gasteiger partial charge in [0, 0.05) is 5.71 Å². The molecule has 0 amide bonds. The first kappa shape index (κ1) is 18.4. The Hall–Kier alpha value is -2.96. The predicted molar refractivity (Wildman–Crippen MR) is 91.5 cm³/mol. The molecule has 132 valence electrons. The number of aryl methyl sites for hydroxylation is 1. The lowest BCUT2D eigenvalue weighted by atomic mass is 10.1. The Kier molecular flexibility index (Phi) is 6.45. The molecular weight excluding hydrogens is 330 g/mol. The zero-order valence-corrected chi connectivity index (χ0v) is 13.6. The van der Waals surface area contributed by atoms with Crippen molar-refractivity contribution in [3.8, 4) is 5.75 Å². The molecule has 0 fully saturated rings. The second-order valence-electron chi connectivity index (χ2n) is 5.36. The van der Waals surface area contributed by atoms with E-state index in [0.717, 1.165) is 11.3 Å². The molecule has 7 heteroatoms. The maximum Gasteiger partial charge on any atom is 0.387 e. The third-order valence-corrected chi connectivity index (χ3v) is 3.43. The van der Waals surface area contributed by atoms with Crippen LogP contribution in [-0.2, 0) is 6.42 Å². The molecule has 25 heavy (non-hydrogen) atoms. The van der Waals surface area contributed by atoms with Crippen LogP contribution in [0, 0.1) is 0 Å². The summed E-state index contributed by atoms with van der Waals surface area (Å²) in [5.74, 6) is -0.841. The summed E-state index contributed by atoms with van der Waals surface area (Å²) >= 11 is 0. The molecule has 0 unspecified atom stereocenters. The fourth-order valence-corrected chi connectivity index (χ4v) is 2.07. The van der Waals surface area contributed by atoms with Crippen LogP contribution in [0.4, 0.5) is 14.5 Å². The maximum absolute atomic E-state index is 12.1. The van der Waals surface area contributed by atoms with E-state index in [4.69, 9.17) is 5.11 Å². The van der Waals surface area contributed by atoms with Crippen LogP contribution in [0.1, 0.15) is 29.3 Å². The van der Waals surface area contributed by atoms with E-state index in [1.165, 1.54) is 24.3 Å². The molecule has 0 saturated carbocycles. The number of nitrogens with zero attached hydrogens (tertiary/aromatic N) is 1. The van der Waals surface area contributed by atoms with E-state index in [9.17, 15) is 13.6 Å². The van der Waals surface area contributed by atoms with Gasteiger partial charge in [0.25, 0.3) is 0 Å². The highest BCUT2D eigenvalue weighted by Gasteiger charge is 2.04. The van der Waals surface area contributed by atoms with Crippen LogP contribution in [0.25, 0.3) is 0 Å². The van der Waals surface area contributed by atoms with E-state index in [0.29, 0.717) is 18.5 Å². The smallest absolute Gasteiger partial charge is 0.387 e. The number of ether oxygens (including phenoxy) is 1. The summed E-state index contributed by atoms with van der Waals surface area (Å²) in [6, 6.07) is 12.8. The van der Waals surface area contributed by atoms with Crippen LogP contribution in [0.3, 0.4) is 0 Å². The first-order valence-corrected chi connectivity index (χ1v) is 7.60. The average Bonchev–Trinajstić information content (AvgIpc) is 2.59. The summed E-state index contributed by atoms with van der Waals surface area (Å²) in [4.78, 5) is 10.8. The largest absolute Gasteiger partial charge is 0.478 e. The number of carbonyl (C=O) groups is 1. The van der Waals surface area contributed by atoms with Gasteiger partial charge in [0.05, 0.1) is 11.3 Å². The third kappa shape index (κ3) is 6.21. The minimum absolute atomic E-state index is 0.135. The Morgan fingerprint density at radius 3 is 2.36 bits per heavy atom. The number of halogens is 2. The molecule has 0 aliphatic carbocycles. The van der Waals surface area contributed by atoms with Crippen molar-refractivity contribution in [3.05, 3.63) is 59.7 Å². The highest BCUT2D eigenvalue weighted by molar-refractivity contribution is 5.88. The van der Waals surface area contributed by atoms with Gasteiger partial charge in [-0.05, 0) is 61.7 Å². The van der Waals surface area contributed by atoms with Gasteiger partial charge < -0.3 is 9.84 Å². The van der Waals surface area contributed by atoms with Gasteiger partial charge in [-0.3, -0.25) is 5.43 Å². The first-order valence-electron chi connectivity index (χ1n) is 7.60. The maximum atomic E-state index is 12.1. The molecule has 0 bridgehead atoms. The van der Waals surface area contributed by atoms with Crippen LogP contribution in [0.15, 0.2) is 53.6 Å². The number of anilines is 1. The van der Waals surface area contributed by atoms with Crippen LogP contribution < -0.4 is 10.2 Å². The summed E-state index contributed by atoms with van der Waals surface area (Å²) in [6.07, 6.45) is 1.40. The summed E-state index contributed by atoms with van der Waals surface area (Å²) in [5.41, 5.74) is 5.62. The van der Waals surface area contributed by atoms with Crippen LogP contribution >= 0.6 is 0 Å². The molecule has 0 saturated heterocycles. The van der Waals surface area contributed by atoms with Crippen LogP contribution in [0.5, 0.6) is 5.75 Å². The normalized spacial score (nSPS) is 11.4. The standard InChI is InChI=1S/C18H18F2N2O3/c1-12(21-22-15-8-6-14(7-9-15)17(23)24)2-3-13-4-10-16(11-5-13)25-18(19)20/h4-11,18,22H,2-3H2,1H3,(H,23,24)/b21-12-. The highest BCUT2D eigenvalue weighted by Crippen LogP contribution is 2.16. The minimum Gasteiger partial charge on any atom is -0.478 e. The molecule has 0 atom stereocenters. The molecule has 0 aliphatic rings. The number of hydrogen-bond acceptors (Lipinski definition) is 4. The summed E-state index contributed by atoms with van der Waals surface area (Å²) < 4.78 is 28.5. The van der Waals surface area contributed by atoms with Crippen LogP contribution in [0.2, 0.25) is 0 Å². The number of alkyl halides is 2. The Morgan fingerprint density at radius 1 is 1.16 bits per heavy atom. The zero-order valence-electron chi connectivity index (χ0n) is 13.6. The van der Waals surface area contributed by atoms with Crippen molar-refractivity contribution in [1.82, 2.24) is 0 Å². The number of nitrogens with one attached hydrogen (secondary N) is 1. The van der Waals surface area contributed by atoms with Crippen molar-refractivity contribution in [2.75, 3.05) is 5.43 Å². The number of carboxylic acids is 1. The summed E-state index contributed by atoms with van der Waals surface area (Å²) in [5, 5.41) is 13.1. The van der Waals surface area contributed by atoms with Crippen molar-refractivity contribution < 1.29 is 23.4 Å². The van der Waals surface area contributed by atoms with Gasteiger partial charge in [0.15, 0.2) is 0 Å². The number of rotatable bonds is 8. The number of carboxylic acid groups (broad SMARTS) is 1. The third-order valence-electron chi connectivity index (χ3n) is 3.43. The number of aromatic carboxylic acids is 1. The van der Waals surface area contributed by atoms with Crippen molar-refractivity contribution in [1.29, 1.82) is 0 Å². The van der Waals surface area contributed by atoms with Gasteiger partial charge in [0.1, 0.15) is 5.75 Å². The van der Waals surface area contributed by atoms with E-state index in [-0.39, 0.29) is 11.3 Å². The molecule has 0 aromatic heterocycles. The number of benzene rings is 2. The van der Waals surface area contributed by atoms with E-state index in [1.54, 1.807) is 24.3 Å². The van der Waals surface area contributed by atoms with Crippen molar-refractivity contribution in [2.24, 2.45) is 5.10 Å². The SMILES string of the molecule is C/C(CCc1ccc(OC(F)F)cc1)=N/Nc1ccc(C(=O)O)cc1. The molecule has 2 rings (SSSR count). The molecule has 0 spiro atoms. The topological polar surface area (TPSA) is 70.9 Å². The first-order chi connectivity index (χ1) is 11.9. The number of hydrazone groups is 1. The molecule has 0 heterocycles. The van der Waals surface area contributed by atoms with Gasteiger partial charge in [-0.15, -0.1) is 0 Å². The molecule has 5 nitrogen and oxygen atoms in total. The summed E-state index contributed by atoms with van der Waals surface area (Å²) in [6.45, 7) is -0.955. The van der Waals surface area contributed by atoms with Gasteiger partial charge >= 0.3 is 12.6 Å². The van der Waals surface area contributed by atoms with Gasteiger partial charge in [0.2, 0.25) is 0 Å². The molecule has 0 radical (unpaired) electrons. The van der Waals surface area contributed by atoms with Gasteiger partial charge in [-0.25, -0.2) is 4.79 Å². The fourth-order valence-electron chi connectivity index (χ4n) is 2.07. The van der Waals surface area contributed by atoms with E-state index in [2.05, 4.69) is 15.3 Å². The van der Waals surface area contributed by atoms with Crippen molar-refractivity contribution in [2.45, 2.75) is 26.4 Å². The Labute approximate surface area is 143 Å². The van der Waals surface area contributed by atoms with E-state index < -0.39 is 12.6 Å². The van der Waals surface area contributed by atoms with Gasteiger partial charge in [-0.1, -0.05) is 12.1 Å². The Bertz CT molecular complexity index is 729. The monoisotopic (exact) mass is 348 g/mol. The fraction of sp³-hybridized carbons (Fsp3) is 0.222. The quantitative estimate of drug-likeness (QED) is 0.548. The lowest BCUT2D eigenvalue weighted by Crippen LogP contribution is -2.02. The molecule has 2 aromatic rings. The highest BCUT2D eigenvalue weighted by atomic mass is 19.3. The molecule has 2 N–H and O–H groups in total. The Morgan fingerprint density at radius 2 is 1.80 bits per heavy atom. The lowest BCUT2D eigenvalue weighted by molar-refractivity contribution is -0.0498. The van der Waals surface area contributed by atoms with Crippen LogP contribution in [-0.4, -0.2) is 23.4 Å². The molecular formula is C18H18F2N2O3. The summed E-state index contributed by atoms with van der Waals surface area (Å²) in [7, 11) is 0. The second-order valence-corrected chi connectivity index (χ2v) is 5.36. The van der Waals surface area contributed by atoms with E-state index >= 15 is 0 Å². The second kappa shape index (κ2) is 8.77. The number of hydrogen-bond donors (Lipinski definition) is 2.